The number of ether oxygens (including phenoxy) is 1. The number of fused-ring (bicyclic) bond motifs is 1. The summed E-state index contributed by atoms with van der Waals surface area (Å²) in [4.78, 5) is 12.6. The lowest BCUT2D eigenvalue weighted by Crippen LogP contribution is -2.25. The van der Waals surface area contributed by atoms with Gasteiger partial charge in [-0.1, -0.05) is 11.6 Å². The van der Waals surface area contributed by atoms with Gasteiger partial charge in [-0.25, -0.2) is 0 Å². The number of ketones is 1. The third-order valence-corrected chi connectivity index (χ3v) is 4.20. The SMILES string of the molecule is CCOc1ccc2c(c1)n(CC(=O)c1ccc(Cl)cc1)c(=N)n2C. The van der Waals surface area contributed by atoms with E-state index in [0.29, 0.717) is 17.2 Å². The van der Waals surface area contributed by atoms with Gasteiger partial charge in [0, 0.05) is 23.7 Å². The van der Waals surface area contributed by atoms with Gasteiger partial charge in [-0.15, -0.1) is 0 Å². The molecule has 0 atom stereocenters. The zero-order valence-electron chi connectivity index (χ0n) is 13.5. The lowest BCUT2D eigenvalue weighted by atomic mass is 10.1. The number of carbonyl (C=O) groups excluding carboxylic acids is 1. The maximum atomic E-state index is 12.6. The summed E-state index contributed by atoms with van der Waals surface area (Å²) in [6.07, 6.45) is 0. The molecule has 0 radical (unpaired) electrons. The second-order valence-corrected chi connectivity index (χ2v) is 5.92. The van der Waals surface area contributed by atoms with Crippen LogP contribution in [-0.2, 0) is 13.6 Å². The third kappa shape index (κ3) is 2.95. The van der Waals surface area contributed by atoms with Crippen LogP contribution in [0.1, 0.15) is 17.3 Å². The molecule has 124 valence electrons. The minimum Gasteiger partial charge on any atom is -0.494 e. The first-order valence-electron chi connectivity index (χ1n) is 7.66. The van der Waals surface area contributed by atoms with E-state index in [1.807, 2.05) is 32.2 Å². The van der Waals surface area contributed by atoms with Gasteiger partial charge in [-0.2, -0.15) is 0 Å². The van der Waals surface area contributed by atoms with Gasteiger partial charge in [0.1, 0.15) is 5.75 Å². The Morgan fingerprint density at radius 3 is 2.54 bits per heavy atom. The fourth-order valence-corrected chi connectivity index (χ4v) is 2.83. The molecule has 1 aromatic heterocycles. The highest BCUT2D eigenvalue weighted by Gasteiger charge is 2.14. The summed E-state index contributed by atoms with van der Waals surface area (Å²) in [6.45, 7) is 2.58. The Bertz CT molecular complexity index is 955. The molecule has 5 nitrogen and oxygen atoms in total. The van der Waals surface area contributed by atoms with E-state index in [-0.39, 0.29) is 17.9 Å². The highest BCUT2D eigenvalue weighted by atomic mass is 35.5. The van der Waals surface area contributed by atoms with Crippen LogP contribution >= 0.6 is 11.6 Å². The minimum atomic E-state index is -0.0699. The van der Waals surface area contributed by atoms with Crippen molar-refractivity contribution in [2.24, 2.45) is 7.05 Å². The number of nitrogens with zero attached hydrogens (tertiary/aromatic N) is 2. The molecule has 0 bridgehead atoms. The largest absolute Gasteiger partial charge is 0.494 e. The number of rotatable bonds is 5. The van der Waals surface area contributed by atoms with E-state index >= 15 is 0 Å². The molecule has 0 unspecified atom stereocenters. The number of Topliss-reactive ketones (excluding diaryl/α,β-unsaturated/α-hetero) is 1. The second-order valence-electron chi connectivity index (χ2n) is 5.48. The quantitative estimate of drug-likeness (QED) is 0.722. The highest BCUT2D eigenvalue weighted by Crippen LogP contribution is 2.20. The Morgan fingerprint density at radius 1 is 1.17 bits per heavy atom. The Labute approximate surface area is 144 Å². The van der Waals surface area contributed by atoms with E-state index in [1.165, 1.54) is 0 Å². The maximum absolute atomic E-state index is 12.6. The Kier molecular flexibility index (Phi) is 4.44. The summed E-state index contributed by atoms with van der Waals surface area (Å²) in [6, 6.07) is 12.4. The summed E-state index contributed by atoms with van der Waals surface area (Å²) >= 11 is 5.87. The van der Waals surface area contributed by atoms with Gasteiger partial charge >= 0.3 is 0 Å². The average molecular weight is 344 g/mol. The predicted molar refractivity (Wildman–Crippen MR) is 93.7 cm³/mol. The summed E-state index contributed by atoms with van der Waals surface area (Å²) in [5.41, 5.74) is 2.52. The first kappa shape index (κ1) is 16.3. The van der Waals surface area contributed by atoms with Crippen LogP contribution in [0, 0.1) is 5.41 Å². The zero-order chi connectivity index (χ0) is 17.3. The Balaban J connectivity index is 2.03. The monoisotopic (exact) mass is 343 g/mol. The van der Waals surface area contributed by atoms with Crippen molar-refractivity contribution in [2.45, 2.75) is 13.5 Å². The molecular weight excluding hydrogens is 326 g/mol. The van der Waals surface area contributed by atoms with Gasteiger partial charge in [-0.3, -0.25) is 10.2 Å². The predicted octanol–water partition coefficient (Wildman–Crippen LogP) is 3.39. The van der Waals surface area contributed by atoms with Gasteiger partial charge in [-0.05, 0) is 43.3 Å². The van der Waals surface area contributed by atoms with E-state index in [1.54, 1.807) is 33.4 Å². The molecule has 2 aromatic carbocycles. The van der Waals surface area contributed by atoms with Crippen LogP contribution < -0.4 is 10.4 Å². The standard InChI is InChI=1S/C18H18ClN3O2/c1-3-24-14-8-9-15-16(10-14)22(18(20)21(15)2)11-17(23)12-4-6-13(19)7-5-12/h4-10,20H,3,11H2,1-2H3. The normalized spacial score (nSPS) is 11.0. The van der Waals surface area contributed by atoms with Gasteiger partial charge in [0.15, 0.2) is 5.78 Å². The van der Waals surface area contributed by atoms with Crippen molar-refractivity contribution in [2.75, 3.05) is 6.61 Å². The number of nitrogens with one attached hydrogen (secondary N) is 1. The summed E-state index contributed by atoms with van der Waals surface area (Å²) in [5.74, 6) is 0.655. The summed E-state index contributed by atoms with van der Waals surface area (Å²) < 4.78 is 8.98. The number of hydrogen-bond acceptors (Lipinski definition) is 3. The van der Waals surface area contributed by atoms with Crippen molar-refractivity contribution in [3.05, 3.63) is 58.7 Å². The van der Waals surface area contributed by atoms with Gasteiger partial charge in [0.25, 0.3) is 0 Å². The maximum Gasteiger partial charge on any atom is 0.203 e. The summed E-state index contributed by atoms with van der Waals surface area (Å²) in [5, 5.41) is 8.89. The van der Waals surface area contributed by atoms with Crippen molar-refractivity contribution in [3.63, 3.8) is 0 Å². The van der Waals surface area contributed by atoms with E-state index in [9.17, 15) is 4.79 Å². The first-order valence-corrected chi connectivity index (χ1v) is 8.04. The van der Waals surface area contributed by atoms with Crippen LogP contribution in [0.2, 0.25) is 5.02 Å². The van der Waals surface area contributed by atoms with E-state index in [2.05, 4.69) is 0 Å². The highest BCUT2D eigenvalue weighted by molar-refractivity contribution is 6.30. The van der Waals surface area contributed by atoms with Crippen LogP contribution in [0.5, 0.6) is 5.75 Å². The number of halogens is 1. The van der Waals surface area contributed by atoms with E-state index in [4.69, 9.17) is 21.7 Å². The number of aromatic nitrogens is 2. The van der Waals surface area contributed by atoms with Crippen molar-refractivity contribution < 1.29 is 9.53 Å². The molecule has 1 heterocycles. The second kappa shape index (κ2) is 6.53. The first-order chi connectivity index (χ1) is 11.5. The number of aryl methyl sites for hydroxylation is 1. The van der Waals surface area contributed by atoms with Crippen LogP contribution in [-0.4, -0.2) is 21.5 Å². The molecule has 3 aromatic rings. The van der Waals surface area contributed by atoms with Gasteiger partial charge in [0.2, 0.25) is 5.62 Å². The molecule has 0 amide bonds. The molecule has 1 N–H and O–H groups in total. The smallest absolute Gasteiger partial charge is 0.203 e. The molecule has 0 spiro atoms. The fourth-order valence-electron chi connectivity index (χ4n) is 2.70. The van der Waals surface area contributed by atoms with E-state index < -0.39 is 0 Å². The topological polar surface area (TPSA) is 60.0 Å². The van der Waals surface area contributed by atoms with Crippen molar-refractivity contribution in [1.82, 2.24) is 9.13 Å². The lowest BCUT2D eigenvalue weighted by Gasteiger charge is -2.06. The van der Waals surface area contributed by atoms with Crippen molar-refractivity contribution >= 4 is 28.4 Å². The number of imidazole rings is 1. The third-order valence-electron chi connectivity index (χ3n) is 3.95. The molecule has 24 heavy (non-hydrogen) atoms. The van der Waals surface area contributed by atoms with Crippen LogP contribution in [0.25, 0.3) is 11.0 Å². The molecule has 0 saturated carbocycles. The van der Waals surface area contributed by atoms with Gasteiger partial charge < -0.3 is 13.9 Å². The molecule has 0 aliphatic rings. The Morgan fingerprint density at radius 2 is 1.88 bits per heavy atom. The minimum absolute atomic E-state index is 0.0699. The zero-order valence-corrected chi connectivity index (χ0v) is 14.3. The molecule has 3 rings (SSSR count). The lowest BCUT2D eigenvalue weighted by molar-refractivity contribution is 0.0971. The van der Waals surface area contributed by atoms with Crippen LogP contribution in [0.4, 0.5) is 0 Å². The molecule has 0 aliphatic heterocycles. The molecule has 0 saturated heterocycles. The van der Waals surface area contributed by atoms with Crippen LogP contribution in [0.15, 0.2) is 42.5 Å². The van der Waals surface area contributed by atoms with Crippen LogP contribution in [0.3, 0.4) is 0 Å². The number of benzene rings is 2. The van der Waals surface area contributed by atoms with E-state index in [0.717, 1.165) is 16.8 Å². The fraction of sp³-hybridized carbons (Fsp3) is 0.222. The average Bonchev–Trinajstić information content (AvgIpc) is 2.80. The number of hydrogen-bond donors (Lipinski definition) is 1. The Hall–Kier alpha value is -2.53. The van der Waals surface area contributed by atoms with Gasteiger partial charge in [0.05, 0.1) is 24.2 Å². The molecule has 6 heteroatoms. The number of carbonyl (C=O) groups is 1. The molecule has 0 aliphatic carbocycles. The summed E-state index contributed by atoms with van der Waals surface area (Å²) in [7, 11) is 1.81. The molecular formula is C18H18ClN3O2. The molecule has 0 fully saturated rings. The van der Waals surface area contributed by atoms with Crippen molar-refractivity contribution in [3.8, 4) is 5.75 Å². The van der Waals surface area contributed by atoms with Crippen molar-refractivity contribution in [1.29, 1.82) is 5.41 Å².